The molecule has 17 heteroatoms. The Balaban J connectivity index is 0.00000236. The average Bonchev–Trinajstić information content (AvgIpc) is 0.796. The van der Waals surface area contributed by atoms with E-state index in [1.807, 2.05) is 0 Å². The van der Waals surface area contributed by atoms with Crippen molar-refractivity contribution >= 4 is 81.9 Å². The van der Waals surface area contributed by atoms with Gasteiger partial charge in [-0.1, -0.05) is 422 Å². The summed E-state index contributed by atoms with van der Waals surface area (Å²) in [6.07, 6.45) is 106. The number of hydrogen-bond donors (Lipinski definition) is 0. The summed E-state index contributed by atoms with van der Waals surface area (Å²) in [6.45, 7) is 9.54. The molecule has 0 unspecified atom stereocenters. The third-order valence-electron chi connectivity index (χ3n) is 23.0. The van der Waals surface area contributed by atoms with Crippen LogP contribution in [0.3, 0.4) is 0 Å². The molecular weight excluding hydrogens is 1580 g/mol. The van der Waals surface area contributed by atoms with Crippen molar-refractivity contribution in [3.63, 3.8) is 0 Å². The van der Waals surface area contributed by atoms with Crippen molar-refractivity contribution in [3.8, 4) is 0 Å². The maximum absolute atomic E-state index is 13.1. The summed E-state index contributed by atoms with van der Waals surface area (Å²) in [5, 5.41) is 0. The quantitative estimate of drug-likeness (QED) is 0.0150. The van der Waals surface area contributed by atoms with Gasteiger partial charge in [0.25, 0.3) is 0 Å². The van der Waals surface area contributed by atoms with Crippen molar-refractivity contribution in [2.45, 2.75) is 500 Å². The standard InChI is InChI=1S/2C52H90O7S.Ca/c2*1-3-5-7-9-11-13-15-17-19-21-23-25-27-29-31-33-35-37-39-41-46-58-51(53)48-44-43-45-49(60(55,56)57)50(48)52(54)59-47-42-40-38-36-34-32-30-28-26-24-22-20-18-16-14-12-10-8-6-4-2;/h2*17-20,43-45H,3-16,21-42,46-47H2,1-2H3,(H,55,56,57);/q;;+2/p-2/b2*19-17+,20-18+;. The first kappa shape index (κ1) is 117. The minimum atomic E-state index is -5.02. The molecule has 2 rings (SSSR count). The van der Waals surface area contributed by atoms with Gasteiger partial charge in [0.05, 0.1) is 58.5 Å². The number of unbranched alkanes of at least 4 members (excludes halogenated alkanes) is 64. The molecule has 0 radical (unpaired) electrons. The Bertz CT molecular complexity index is 2880. The Labute approximate surface area is 773 Å². The van der Waals surface area contributed by atoms with Gasteiger partial charge in [-0.2, -0.15) is 0 Å². The maximum Gasteiger partial charge on any atom is 2.00 e. The van der Waals surface area contributed by atoms with Gasteiger partial charge in [-0.05, 0) is 153 Å². The number of esters is 4. The van der Waals surface area contributed by atoms with Crippen molar-refractivity contribution in [1.82, 2.24) is 0 Å². The second kappa shape index (κ2) is 88.4. The van der Waals surface area contributed by atoms with Gasteiger partial charge < -0.3 is 28.1 Å². The predicted octanol–water partition coefficient (Wildman–Crippen LogP) is 31.8. The minimum Gasteiger partial charge on any atom is -0.744 e. The first-order valence-corrected chi connectivity index (χ1v) is 52.9. The molecule has 0 heterocycles. The van der Waals surface area contributed by atoms with E-state index in [1.54, 1.807) is 0 Å². The molecule has 0 fully saturated rings. The van der Waals surface area contributed by atoms with Crippen LogP contribution in [0.4, 0.5) is 0 Å². The summed E-state index contributed by atoms with van der Waals surface area (Å²) >= 11 is 0. The number of carbonyl (C=O) groups is 4. The van der Waals surface area contributed by atoms with Gasteiger partial charge in [0.1, 0.15) is 20.2 Å². The van der Waals surface area contributed by atoms with Crippen LogP contribution in [0.2, 0.25) is 0 Å². The third-order valence-corrected chi connectivity index (χ3v) is 24.8. The SMILES string of the molecule is CCCCCCCC/C=C/CCCCCCCCCCCCOC(=O)c1cccc(S(=O)(=O)[O-])c1C(=O)OCCCCCCCCCCCC/C=C/CCCCCCCC.CCCCCCCC/C=C/CCCCCCCCCCCCOC(=O)c1cccc(S(=O)(=O)[O-])c1C(=O)OCCCCCCCCCCCC/C=C/CCCCCCCC.[Ca+2]. The Morgan fingerprint density at radius 1 is 0.231 bits per heavy atom. The van der Waals surface area contributed by atoms with Gasteiger partial charge in [-0.3, -0.25) is 0 Å². The van der Waals surface area contributed by atoms with E-state index >= 15 is 0 Å². The van der Waals surface area contributed by atoms with Gasteiger partial charge in [0.15, 0.2) is 0 Å². The molecule has 14 nitrogen and oxygen atoms in total. The van der Waals surface area contributed by atoms with Crippen LogP contribution in [0.1, 0.15) is 531 Å². The molecule has 0 aliphatic rings. The van der Waals surface area contributed by atoms with Crippen LogP contribution in [0.25, 0.3) is 0 Å². The second-order valence-electron chi connectivity index (χ2n) is 34.2. The fourth-order valence-electron chi connectivity index (χ4n) is 15.4. The first-order valence-electron chi connectivity index (χ1n) is 50.1. The summed E-state index contributed by atoms with van der Waals surface area (Å²) in [6, 6.07) is 7.28. The molecule has 0 atom stereocenters. The smallest absolute Gasteiger partial charge is 0.744 e. The molecule has 0 bridgehead atoms. The van der Waals surface area contributed by atoms with E-state index in [-0.39, 0.29) is 75.3 Å². The number of hydrogen-bond acceptors (Lipinski definition) is 14. The van der Waals surface area contributed by atoms with Crippen LogP contribution in [0.5, 0.6) is 0 Å². The summed E-state index contributed by atoms with van der Waals surface area (Å²) in [5.41, 5.74) is -1.55. The fourth-order valence-corrected chi connectivity index (χ4v) is 16.8. The van der Waals surface area contributed by atoms with Gasteiger partial charge in [-0.15, -0.1) is 0 Å². The molecule has 2 aromatic carbocycles. The zero-order valence-corrected chi connectivity index (χ0v) is 81.9. The van der Waals surface area contributed by atoms with Crippen molar-refractivity contribution in [2.24, 2.45) is 0 Å². The van der Waals surface area contributed by atoms with Crippen LogP contribution in [-0.4, -0.2) is 114 Å². The van der Waals surface area contributed by atoms with Gasteiger partial charge in [0.2, 0.25) is 0 Å². The Morgan fingerprint density at radius 3 is 0.545 bits per heavy atom. The van der Waals surface area contributed by atoms with Gasteiger partial charge in [-0.25, -0.2) is 36.0 Å². The predicted molar refractivity (Wildman–Crippen MR) is 507 cm³/mol. The molecule has 0 aliphatic carbocycles. The topological polar surface area (TPSA) is 220 Å². The average molecular weight is 1760 g/mol. The third kappa shape index (κ3) is 73.0. The van der Waals surface area contributed by atoms with Crippen LogP contribution in [0, 0.1) is 0 Å². The zero-order valence-electron chi connectivity index (χ0n) is 78.1. The second-order valence-corrected chi connectivity index (χ2v) is 36.9. The van der Waals surface area contributed by atoms with E-state index in [4.69, 9.17) is 18.9 Å². The first-order chi connectivity index (χ1) is 58.6. The maximum atomic E-state index is 13.1. The molecule has 2 aromatic rings. The van der Waals surface area contributed by atoms with Gasteiger partial charge in [0, 0.05) is 0 Å². The van der Waals surface area contributed by atoms with Crippen LogP contribution in [-0.2, 0) is 39.2 Å². The number of rotatable bonds is 86. The van der Waals surface area contributed by atoms with E-state index < -0.39 is 65.0 Å². The van der Waals surface area contributed by atoms with Crippen LogP contribution >= 0.6 is 0 Å². The zero-order chi connectivity index (χ0) is 87.2. The number of allylic oxidation sites excluding steroid dienone is 8. The molecule has 0 saturated carbocycles. The molecule has 0 aliphatic heterocycles. The number of carbonyl (C=O) groups excluding carboxylic acids is 4. The molecule has 692 valence electrons. The summed E-state index contributed by atoms with van der Waals surface area (Å²) in [5.74, 6) is -3.62. The van der Waals surface area contributed by atoms with Gasteiger partial charge >= 0.3 is 61.6 Å². The number of ether oxygens (including phenoxy) is 4. The van der Waals surface area contributed by atoms with E-state index in [9.17, 15) is 45.1 Å². The monoisotopic (exact) mass is 1760 g/mol. The normalized spacial score (nSPS) is 11.8. The molecule has 0 spiro atoms. The van der Waals surface area contributed by atoms with E-state index in [2.05, 4.69) is 76.3 Å². The van der Waals surface area contributed by atoms with Crippen LogP contribution < -0.4 is 0 Å². The number of benzene rings is 2. The molecule has 121 heavy (non-hydrogen) atoms. The van der Waals surface area contributed by atoms with E-state index in [0.29, 0.717) is 25.7 Å². The molecule has 0 aromatic heterocycles. The summed E-state index contributed by atoms with van der Waals surface area (Å²) in [4.78, 5) is 50.6. The van der Waals surface area contributed by atoms with Crippen molar-refractivity contribution in [3.05, 3.63) is 107 Å². The fraction of sp³-hybridized carbons (Fsp3) is 0.769. The molecular formula is C104H178CaO14S2. The summed E-state index contributed by atoms with van der Waals surface area (Å²) in [7, 11) is -10.0. The molecule has 0 N–H and O–H groups in total. The minimum absolute atomic E-state index is 0. The molecule has 0 saturated heterocycles. The van der Waals surface area contributed by atoms with E-state index in [1.165, 1.54) is 384 Å². The molecule has 0 amide bonds. The summed E-state index contributed by atoms with van der Waals surface area (Å²) < 4.78 is 93.8. The van der Waals surface area contributed by atoms with Crippen molar-refractivity contribution in [1.29, 1.82) is 0 Å². The van der Waals surface area contributed by atoms with Crippen molar-refractivity contribution in [2.75, 3.05) is 26.4 Å². The Kier molecular flexibility index (Phi) is 85.7. The largest absolute Gasteiger partial charge is 2.00 e. The van der Waals surface area contributed by atoms with Crippen molar-refractivity contribution < 1.29 is 64.1 Å². The Hall–Kier alpha value is -3.64. The van der Waals surface area contributed by atoms with E-state index in [0.717, 1.165) is 89.2 Å². The van der Waals surface area contributed by atoms with Crippen LogP contribution in [0.15, 0.2) is 94.8 Å². The Morgan fingerprint density at radius 2 is 0.380 bits per heavy atom.